The number of imidazole rings is 1. The summed E-state index contributed by atoms with van der Waals surface area (Å²) in [6.07, 6.45) is 3.04. The fraction of sp³-hybridized carbons (Fsp3) is 0.0909. The zero-order valence-corrected chi connectivity index (χ0v) is 8.79. The summed E-state index contributed by atoms with van der Waals surface area (Å²) in [7, 11) is 0. The van der Waals surface area contributed by atoms with Crippen LogP contribution in [-0.4, -0.2) is 27.2 Å². The quantitative estimate of drug-likeness (QED) is 0.812. The average Bonchev–Trinajstić information content (AvgIpc) is 2.73. The lowest BCUT2D eigenvalue weighted by Gasteiger charge is -2.09. The molecule has 0 radical (unpaired) electrons. The molecule has 6 heteroatoms. The number of hydrogen-bond donors (Lipinski definition) is 2. The van der Waals surface area contributed by atoms with Crippen molar-refractivity contribution >= 4 is 5.97 Å². The minimum atomic E-state index is -1.07. The number of carboxylic acids is 1. The molecule has 2 rings (SSSR count). The van der Waals surface area contributed by atoms with Crippen molar-refractivity contribution in [1.82, 2.24) is 9.55 Å². The third-order valence-corrected chi connectivity index (χ3v) is 2.13. The third kappa shape index (κ3) is 2.36. The number of H-pyrrole nitrogens is 1. The topological polar surface area (TPSA) is 84.3 Å². The highest BCUT2D eigenvalue weighted by Crippen LogP contribution is 2.20. The number of rotatable bonds is 4. The summed E-state index contributed by atoms with van der Waals surface area (Å²) in [6.45, 7) is -0.448. The first-order valence-corrected chi connectivity index (χ1v) is 4.88. The summed E-state index contributed by atoms with van der Waals surface area (Å²) in [6, 6.07) is 6.73. The molecule has 0 amide bonds. The Bertz CT molecular complexity index is 585. The lowest BCUT2D eigenvalue weighted by Crippen LogP contribution is -2.16. The first kappa shape index (κ1) is 11.0. The number of aromatic amines is 1. The van der Waals surface area contributed by atoms with Gasteiger partial charge in [-0.25, -0.2) is 9.59 Å². The number of para-hydroxylation sites is 2. The summed E-state index contributed by atoms with van der Waals surface area (Å²) in [4.78, 5) is 24.4. The molecule has 0 unspecified atom stereocenters. The van der Waals surface area contributed by atoms with Crippen LogP contribution in [0.4, 0.5) is 0 Å². The van der Waals surface area contributed by atoms with Crippen LogP contribution in [0.5, 0.6) is 5.75 Å². The van der Waals surface area contributed by atoms with E-state index in [4.69, 9.17) is 9.84 Å². The summed E-state index contributed by atoms with van der Waals surface area (Å²) in [5.41, 5.74) is 0.191. The molecule has 88 valence electrons. The standard InChI is InChI=1S/C11H10N2O4/c14-10(15)7-17-9-4-2-1-3-8(9)13-6-5-12-11(13)16/h1-6H,7H2,(H,12,16)(H,14,15). The van der Waals surface area contributed by atoms with Gasteiger partial charge in [-0.2, -0.15) is 0 Å². The number of hydrogen-bond acceptors (Lipinski definition) is 3. The highest BCUT2D eigenvalue weighted by Gasteiger charge is 2.08. The van der Waals surface area contributed by atoms with Gasteiger partial charge in [-0.1, -0.05) is 12.1 Å². The lowest BCUT2D eigenvalue weighted by molar-refractivity contribution is -0.139. The van der Waals surface area contributed by atoms with E-state index in [0.717, 1.165) is 0 Å². The maximum Gasteiger partial charge on any atom is 0.341 e. The van der Waals surface area contributed by atoms with E-state index in [1.54, 1.807) is 30.5 Å². The molecule has 2 N–H and O–H groups in total. The van der Waals surface area contributed by atoms with Crippen LogP contribution in [-0.2, 0) is 4.79 Å². The van der Waals surface area contributed by atoms with Crippen LogP contribution in [0.2, 0.25) is 0 Å². The van der Waals surface area contributed by atoms with Crippen molar-refractivity contribution in [2.24, 2.45) is 0 Å². The number of nitrogens with one attached hydrogen (secondary N) is 1. The Kier molecular flexibility index (Phi) is 2.95. The van der Waals surface area contributed by atoms with E-state index < -0.39 is 12.6 Å². The number of carbonyl (C=O) groups is 1. The van der Waals surface area contributed by atoms with Crippen molar-refractivity contribution in [2.75, 3.05) is 6.61 Å². The van der Waals surface area contributed by atoms with Gasteiger partial charge in [0.1, 0.15) is 5.75 Å². The minimum absolute atomic E-state index is 0.309. The van der Waals surface area contributed by atoms with Crippen molar-refractivity contribution in [1.29, 1.82) is 0 Å². The summed E-state index contributed by atoms with van der Waals surface area (Å²) in [5.74, 6) is -0.724. The van der Waals surface area contributed by atoms with E-state index in [0.29, 0.717) is 11.4 Å². The highest BCUT2D eigenvalue weighted by molar-refractivity contribution is 5.68. The maximum absolute atomic E-state index is 11.4. The zero-order valence-electron chi connectivity index (χ0n) is 8.79. The van der Waals surface area contributed by atoms with Gasteiger partial charge < -0.3 is 14.8 Å². The number of aromatic nitrogens is 2. The molecule has 1 heterocycles. The number of nitrogens with zero attached hydrogens (tertiary/aromatic N) is 1. The van der Waals surface area contributed by atoms with Gasteiger partial charge in [-0.15, -0.1) is 0 Å². The fourth-order valence-corrected chi connectivity index (χ4v) is 1.43. The molecule has 0 fully saturated rings. The van der Waals surface area contributed by atoms with Crippen LogP contribution in [0.15, 0.2) is 41.5 Å². The van der Waals surface area contributed by atoms with E-state index in [2.05, 4.69) is 4.98 Å². The van der Waals surface area contributed by atoms with Crippen LogP contribution in [0.25, 0.3) is 5.69 Å². The average molecular weight is 234 g/mol. The molecule has 1 aromatic carbocycles. The lowest BCUT2D eigenvalue weighted by atomic mass is 10.3. The monoisotopic (exact) mass is 234 g/mol. The van der Waals surface area contributed by atoms with Gasteiger partial charge in [0.05, 0.1) is 5.69 Å². The van der Waals surface area contributed by atoms with Gasteiger partial charge in [0, 0.05) is 12.4 Å². The summed E-state index contributed by atoms with van der Waals surface area (Å²) < 4.78 is 6.45. The molecule has 0 aliphatic carbocycles. The second kappa shape index (κ2) is 4.56. The largest absolute Gasteiger partial charge is 0.480 e. The molecule has 0 saturated carbocycles. The van der Waals surface area contributed by atoms with Crippen LogP contribution in [0, 0.1) is 0 Å². The molecule has 0 aliphatic rings. The molecule has 0 atom stereocenters. The van der Waals surface area contributed by atoms with Gasteiger partial charge in [0.15, 0.2) is 6.61 Å². The second-order valence-electron chi connectivity index (χ2n) is 3.29. The molecule has 1 aromatic heterocycles. The number of ether oxygens (including phenoxy) is 1. The Balaban J connectivity index is 2.37. The molecule has 17 heavy (non-hydrogen) atoms. The van der Waals surface area contributed by atoms with E-state index in [-0.39, 0.29) is 5.69 Å². The van der Waals surface area contributed by atoms with Crippen molar-refractivity contribution < 1.29 is 14.6 Å². The molecule has 0 spiro atoms. The molecular weight excluding hydrogens is 224 g/mol. The molecule has 2 aromatic rings. The van der Waals surface area contributed by atoms with Gasteiger partial charge in [0.25, 0.3) is 0 Å². The maximum atomic E-state index is 11.4. The number of carboxylic acid groups (broad SMARTS) is 1. The number of benzene rings is 1. The Morgan fingerprint density at radius 2 is 2.18 bits per heavy atom. The predicted octanol–water partition coefficient (Wildman–Crippen LogP) is 0.629. The SMILES string of the molecule is O=C(O)COc1ccccc1-n1cc[nH]c1=O. The third-order valence-electron chi connectivity index (χ3n) is 2.13. The van der Waals surface area contributed by atoms with Gasteiger partial charge in [0.2, 0.25) is 0 Å². The zero-order chi connectivity index (χ0) is 12.3. The van der Waals surface area contributed by atoms with Crippen LogP contribution in [0.1, 0.15) is 0 Å². The highest BCUT2D eigenvalue weighted by atomic mass is 16.5. The normalized spacial score (nSPS) is 10.1. The predicted molar refractivity (Wildman–Crippen MR) is 59.5 cm³/mol. The second-order valence-corrected chi connectivity index (χ2v) is 3.29. The van der Waals surface area contributed by atoms with Crippen molar-refractivity contribution in [3.63, 3.8) is 0 Å². The minimum Gasteiger partial charge on any atom is -0.480 e. The first-order chi connectivity index (χ1) is 8.18. The Labute approximate surface area is 96.1 Å². The van der Waals surface area contributed by atoms with Crippen LogP contribution in [0.3, 0.4) is 0 Å². The van der Waals surface area contributed by atoms with Crippen LogP contribution < -0.4 is 10.4 Å². The van der Waals surface area contributed by atoms with E-state index in [1.165, 1.54) is 10.8 Å². The molecular formula is C11H10N2O4. The van der Waals surface area contributed by atoms with E-state index in [1.807, 2.05) is 0 Å². The van der Waals surface area contributed by atoms with Crippen LogP contribution >= 0.6 is 0 Å². The Morgan fingerprint density at radius 3 is 2.82 bits per heavy atom. The van der Waals surface area contributed by atoms with Gasteiger partial charge in [-0.05, 0) is 12.1 Å². The Hall–Kier alpha value is -2.50. The summed E-state index contributed by atoms with van der Waals surface area (Å²) in [5, 5.41) is 8.55. The van der Waals surface area contributed by atoms with E-state index >= 15 is 0 Å². The summed E-state index contributed by atoms with van der Waals surface area (Å²) >= 11 is 0. The molecule has 6 nitrogen and oxygen atoms in total. The van der Waals surface area contributed by atoms with Crippen molar-refractivity contribution in [3.8, 4) is 11.4 Å². The first-order valence-electron chi connectivity index (χ1n) is 4.88. The molecule has 0 aliphatic heterocycles. The van der Waals surface area contributed by atoms with Gasteiger partial charge >= 0.3 is 11.7 Å². The molecule has 0 saturated heterocycles. The van der Waals surface area contributed by atoms with Gasteiger partial charge in [-0.3, -0.25) is 4.57 Å². The molecule has 0 bridgehead atoms. The smallest absolute Gasteiger partial charge is 0.341 e. The van der Waals surface area contributed by atoms with E-state index in [9.17, 15) is 9.59 Å². The van der Waals surface area contributed by atoms with Crippen molar-refractivity contribution in [2.45, 2.75) is 0 Å². The van der Waals surface area contributed by atoms with Crippen molar-refractivity contribution in [3.05, 3.63) is 47.1 Å². The number of aliphatic carboxylic acids is 1. The fourth-order valence-electron chi connectivity index (χ4n) is 1.43. The Morgan fingerprint density at radius 1 is 1.41 bits per heavy atom.